The second-order valence-corrected chi connectivity index (χ2v) is 5.19. The van der Waals surface area contributed by atoms with E-state index in [0.29, 0.717) is 32.5 Å². The van der Waals surface area contributed by atoms with E-state index >= 15 is 0 Å². The van der Waals surface area contributed by atoms with Crippen molar-refractivity contribution in [2.24, 2.45) is 4.99 Å². The summed E-state index contributed by atoms with van der Waals surface area (Å²) in [6.45, 7) is 3.37. The Morgan fingerprint density at radius 2 is 1.82 bits per heavy atom. The van der Waals surface area contributed by atoms with Gasteiger partial charge in [-0.1, -0.05) is 32.6 Å². The van der Waals surface area contributed by atoms with Gasteiger partial charge in [-0.05, 0) is 25.2 Å². The van der Waals surface area contributed by atoms with Crippen molar-refractivity contribution in [3.05, 3.63) is 0 Å². The molecular weight excluding hydrogens is 311 g/mol. The van der Waals surface area contributed by atoms with E-state index in [9.17, 15) is 9.90 Å². The number of aliphatic imine (C=N–C) groups is 1. The Kier molecular flexibility index (Phi) is 20.1. The third kappa shape index (κ3) is 16.9. The first-order valence-corrected chi connectivity index (χ1v) is 7.85. The number of aliphatic hydroxyl groups excluding tert-OH is 1. The molecule has 124 valence electrons. The fraction of sp³-hybridized carbons (Fsp3) is 0.867. The molecule has 22 heavy (non-hydrogen) atoms. The van der Waals surface area contributed by atoms with E-state index in [4.69, 9.17) is 10.2 Å². The van der Waals surface area contributed by atoms with Crippen LogP contribution in [0.4, 0.5) is 0 Å². The van der Waals surface area contributed by atoms with Crippen LogP contribution in [-0.2, 0) is 4.79 Å². The molecule has 0 aromatic rings. The van der Waals surface area contributed by atoms with Crippen molar-refractivity contribution in [3.63, 3.8) is 0 Å². The van der Waals surface area contributed by atoms with Crippen LogP contribution in [0.25, 0.3) is 0 Å². The van der Waals surface area contributed by atoms with Gasteiger partial charge in [0.2, 0.25) is 0 Å². The van der Waals surface area contributed by atoms with Crippen LogP contribution < -0.4 is 56.5 Å². The Morgan fingerprint density at radius 3 is 2.41 bits per heavy atom. The van der Waals surface area contributed by atoms with Gasteiger partial charge in [-0.15, -0.1) is 0 Å². The monoisotopic (exact) mass is 340 g/mol. The quantitative estimate of drug-likeness (QED) is 0.163. The number of hydrogen-bond donors (Lipinski definition) is 2. The maximum absolute atomic E-state index is 11.6. The molecule has 0 fully saturated rings. The zero-order chi connectivity index (χ0) is 15.9. The number of nitrogens with zero attached hydrogens (tertiary/aromatic N) is 2. The van der Waals surface area contributed by atoms with Crippen LogP contribution in [0.1, 0.15) is 51.9 Å². The molecule has 0 unspecified atom stereocenters. The number of unbranched alkanes of at least 4 members (excludes halogenated alkanes) is 4. The van der Waals surface area contributed by atoms with Gasteiger partial charge in [-0.2, -0.15) is 0 Å². The molecule has 0 bridgehead atoms. The summed E-state index contributed by atoms with van der Waals surface area (Å²) in [5, 5.41) is 29.1. The molecule has 0 aromatic carbocycles. The van der Waals surface area contributed by atoms with Crippen molar-refractivity contribution in [2.75, 3.05) is 32.8 Å². The predicted octanol–water partition coefficient (Wildman–Crippen LogP) is -2.12. The molecule has 2 N–H and O–H groups in total. The minimum Gasteiger partial charge on any atom is -0.862 e. The van der Waals surface area contributed by atoms with Crippen molar-refractivity contribution in [1.82, 2.24) is 4.90 Å². The molecule has 0 aliphatic carbocycles. The van der Waals surface area contributed by atoms with Crippen molar-refractivity contribution >= 4 is 11.9 Å². The molecule has 0 aliphatic rings. The van der Waals surface area contributed by atoms with E-state index in [2.05, 4.69) is 11.9 Å². The molecule has 0 aromatic heterocycles. The standard InChI is InChI=1S/C15H30N2O4.K/c1-2-3-4-5-6-8-14(19)16-9-11-17(10-7-12-18)13-15(20)21;/h18H,2-13H2,1H3,(H,16,19)(H,20,21);/q;+1/p-1. The number of hydrogen-bond acceptors (Lipinski definition) is 5. The SMILES string of the molecule is CCCCCCCC([O-])=NCCN(CCCO)CC(=O)O.[K+]. The molecule has 0 radical (unpaired) electrons. The number of carboxylic acids is 1. The Bertz CT molecular complexity index is 301. The first-order chi connectivity index (χ1) is 10.1. The van der Waals surface area contributed by atoms with Crippen LogP contribution in [0.5, 0.6) is 0 Å². The van der Waals surface area contributed by atoms with Crippen LogP contribution in [0.15, 0.2) is 4.99 Å². The summed E-state index contributed by atoms with van der Waals surface area (Å²) in [6.07, 6.45) is 6.52. The maximum atomic E-state index is 11.6. The third-order valence-electron chi connectivity index (χ3n) is 3.19. The van der Waals surface area contributed by atoms with Crippen LogP contribution in [-0.4, -0.2) is 59.8 Å². The van der Waals surface area contributed by atoms with E-state index in [1.165, 1.54) is 12.8 Å². The fourth-order valence-corrected chi connectivity index (χ4v) is 2.03. The van der Waals surface area contributed by atoms with Gasteiger partial charge in [-0.25, -0.2) is 0 Å². The predicted molar refractivity (Wildman–Crippen MR) is 81.5 cm³/mol. The number of carboxylic acid groups (broad SMARTS) is 1. The average Bonchev–Trinajstić information content (AvgIpc) is 2.43. The van der Waals surface area contributed by atoms with E-state index < -0.39 is 5.97 Å². The third-order valence-corrected chi connectivity index (χ3v) is 3.19. The van der Waals surface area contributed by atoms with Gasteiger partial charge >= 0.3 is 57.4 Å². The topological polar surface area (TPSA) is 96.2 Å². The van der Waals surface area contributed by atoms with Crippen LogP contribution >= 0.6 is 0 Å². The molecule has 0 saturated carbocycles. The Labute approximate surface area is 176 Å². The number of aliphatic hydroxyl groups is 1. The van der Waals surface area contributed by atoms with E-state index in [0.717, 1.165) is 19.3 Å². The molecule has 0 saturated heterocycles. The summed E-state index contributed by atoms with van der Waals surface area (Å²) in [4.78, 5) is 16.3. The fourth-order valence-electron chi connectivity index (χ4n) is 2.03. The van der Waals surface area contributed by atoms with E-state index in [1.807, 2.05) is 0 Å². The van der Waals surface area contributed by atoms with Crippen molar-refractivity contribution < 1.29 is 71.5 Å². The summed E-state index contributed by atoms with van der Waals surface area (Å²) >= 11 is 0. The first-order valence-electron chi connectivity index (χ1n) is 7.85. The minimum absolute atomic E-state index is 0. The molecule has 0 atom stereocenters. The Morgan fingerprint density at radius 1 is 1.14 bits per heavy atom. The van der Waals surface area contributed by atoms with Gasteiger partial charge in [0.1, 0.15) is 0 Å². The summed E-state index contributed by atoms with van der Waals surface area (Å²) in [6, 6.07) is 0. The summed E-state index contributed by atoms with van der Waals surface area (Å²) < 4.78 is 0. The molecule has 6 nitrogen and oxygen atoms in total. The Hall–Kier alpha value is 0.496. The smallest absolute Gasteiger partial charge is 0.862 e. The number of aliphatic carboxylic acids is 1. The van der Waals surface area contributed by atoms with Gasteiger partial charge in [0.25, 0.3) is 0 Å². The van der Waals surface area contributed by atoms with Crippen LogP contribution in [0.3, 0.4) is 0 Å². The molecule has 0 amide bonds. The second-order valence-electron chi connectivity index (χ2n) is 5.19. The minimum atomic E-state index is -0.907. The van der Waals surface area contributed by atoms with E-state index in [1.54, 1.807) is 4.90 Å². The zero-order valence-corrected chi connectivity index (χ0v) is 17.2. The number of rotatable bonds is 14. The first kappa shape index (κ1) is 24.7. The Balaban J connectivity index is 0. The van der Waals surface area contributed by atoms with Crippen molar-refractivity contribution in [1.29, 1.82) is 0 Å². The molecule has 0 spiro atoms. The zero-order valence-electron chi connectivity index (χ0n) is 14.1. The molecule has 0 heterocycles. The van der Waals surface area contributed by atoms with Crippen molar-refractivity contribution in [2.45, 2.75) is 51.9 Å². The van der Waals surface area contributed by atoms with Crippen molar-refractivity contribution in [3.8, 4) is 0 Å². The normalized spacial score (nSPS) is 11.5. The number of carbonyl (C=O) groups is 1. The molecule has 0 rings (SSSR count). The van der Waals surface area contributed by atoms with Crippen LogP contribution in [0.2, 0.25) is 0 Å². The second kappa shape index (κ2) is 17.8. The summed E-state index contributed by atoms with van der Waals surface area (Å²) in [5.41, 5.74) is 0. The molecule has 0 aliphatic heterocycles. The van der Waals surface area contributed by atoms with Crippen LogP contribution in [0, 0.1) is 0 Å². The molecular formula is C15H29KN2O4. The van der Waals surface area contributed by atoms with Gasteiger partial charge < -0.3 is 20.3 Å². The van der Waals surface area contributed by atoms with Gasteiger partial charge in [-0.3, -0.25) is 9.69 Å². The molecule has 7 heteroatoms. The van der Waals surface area contributed by atoms with Gasteiger partial charge in [0, 0.05) is 19.7 Å². The summed E-state index contributed by atoms with van der Waals surface area (Å²) in [5.74, 6) is -1.00. The summed E-state index contributed by atoms with van der Waals surface area (Å²) in [7, 11) is 0. The van der Waals surface area contributed by atoms with Gasteiger partial charge in [0.05, 0.1) is 13.1 Å². The maximum Gasteiger partial charge on any atom is 1.00 e. The largest absolute Gasteiger partial charge is 1.00 e. The average molecular weight is 341 g/mol. The van der Waals surface area contributed by atoms with E-state index in [-0.39, 0.29) is 70.4 Å². The van der Waals surface area contributed by atoms with Gasteiger partial charge in [0.15, 0.2) is 0 Å².